The summed E-state index contributed by atoms with van der Waals surface area (Å²) >= 11 is 6.07. The first-order valence-electron chi connectivity index (χ1n) is 10.7. The maximum Gasteiger partial charge on any atom is 0.296 e. The molecule has 6 N–H and O–H groups in total. The standard InChI is InChI=1S/C23H16ClN5O8S2/c24-21-27-22(25-19-13-3-1-5-15(30)11(13)7-9-17(19)38(32,33)34)29-23(28-21)26-20-14-4-2-6-16(31)12(14)8-10-18(20)39(35,36)37/h1-10,30-31H,(H,32,33,34)(H,35,36,37)(H2,25,26,27,28,29). The Bertz CT molecular complexity index is 1880. The summed E-state index contributed by atoms with van der Waals surface area (Å²) in [4.78, 5) is 10.9. The number of benzene rings is 4. The van der Waals surface area contributed by atoms with E-state index in [2.05, 4.69) is 25.6 Å². The molecule has 0 aliphatic rings. The molecule has 0 aliphatic heterocycles. The Hall–Kier alpha value is -4.28. The van der Waals surface area contributed by atoms with Gasteiger partial charge >= 0.3 is 0 Å². The molecule has 0 unspecified atom stereocenters. The number of aromatic nitrogens is 3. The fourth-order valence-corrected chi connectivity index (χ4v) is 5.49. The van der Waals surface area contributed by atoms with Crippen molar-refractivity contribution < 1.29 is 36.2 Å². The van der Waals surface area contributed by atoms with Gasteiger partial charge in [-0.25, -0.2) is 0 Å². The third-order valence-electron chi connectivity index (χ3n) is 5.64. The molecule has 0 spiro atoms. The summed E-state index contributed by atoms with van der Waals surface area (Å²) in [5.74, 6) is -0.972. The lowest BCUT2D eigenvalue weighted by atomic mass is 10.1. The first-order chi connectivity index (χ1) is 18.3. The van der Waals surface area contributed by atoms with Gasteiger partial charge in [-0.3, -0.25) is 9.11 Å². The molecule has 5 rings (SSSR count). The van der Waals surface area contributed by atoms with Gasteiger partial charge in [0.05, 0.1) is 11.4 Å². The van der Waals surface area contributed by atoms with Crippen molar-refractivity contribution in [3.8, 4) is 11.5 Å². The second kappa shape index (κ2) is 9.48. The average Bonchev–Trinajstić information content (AvgIpc) is 2.83. The molecule has 13 nitrogen and oxygen atoms in total. The quantitative estimate of drug-likeness (QED) is 0.153. The summed E-state index contributed by atoms with van der Waals surface area (Å²) in [6.45, 7) is 0. The van der Waals surface area contributed by atoms with Crippen LogP contribution >= 0.6 is 11.6 Å². The molecule has 0 bridgehead atoms. The van der Waals surface area contributed by atoms with Crippen molar-refractivity contribution in [2.75, 3.05) is 10.6 Å². The Morgan fingerprint density at radius 1 is 0.590 bits per heavy atom. The highest BCUT2D eigenvalue weighted by Gasteiger charge is 2.23. The van der Waals surface area contributed by atoms with Crippen LogP contribution in [0.15, 0.2) is 70.5 Å². The fraction of sp³-hybridized carbons (Fsp3) is 0. The first-order valence-corrected chi connectivity index (χ1v) is 14.0. The van der Waals surface area contributed by atoms with Gasteiger partial charge in [-0.1, -0.05) is 24.3 Å². The van der Waals surface area contributed by atoms with Crippen LogP contribution in [0.3, 0.4) is 0 Å². The van der Waals surface area contributed by atoms with E-state index in [0.717, 1.165) is 12.1 Å². The zero-order valence-electron chi connectivity index (χ0n) is 19.2. The van der Waals surface area contributed by atoms with E-state index >= 15 is 0 Å². The third-order valence-corrected chi connectivity index (χ3v) is 7.60. The number of fused-ring (bicyclic) bond motifs is 2. The largest absolute Gasteiger partial charge is 0.507 e. The molecular formula is C23H16ClN5O8S2. The number of nitrogens with one attached hydrogen (secondary N) is 2. The zero-order valence-corrected chi connectivity index (χ0v) is 21.6. The van der Waals surface area contributed by atoms with Crippen molar-refractivity contribution in [1.29, 1.82) is 0 Å². The minimum atomic E-state index is -4.76. The van der Waals surface area contributed by atoms with Crippen molar-refractivity contribution >= 4 is 76.7 Å². The summed E-state index contributed by atoms with van der Waals surface area (Å²) in [5, 5.41) is 26.2. The summed E-state index contributed by atoms with van der Waals surface area (Å²) in [7, 11) is -9.52. The highest BCUT2D eigenvalue weighted by atomic mass is 35.5. The van der Waals surface area contributed by atoms with Crippen molar-refractivity contribution in [3.63, 3.8) is 0 Å². The number of halogens is 1. The Kier molecular flexibility index (Phi) is 6.40. The van der Waals surface area contributed by atoms with Crippen LogP contribution in [0.5, 0.6) is 11.5 Å². The minimum Gasteiger partial charge on any atom is -0.507 e. The molecule has 4 aromatic carbocycles. The van der Waals surface area contributed by atoms with Crippen molar-refractivity contribution in [1.82, 2.24) is 15.0 Å². The molecule has 0 aliphatic carbocycles. The molecule has 1 heterocycles. The van der Waals surface area contributed by atoms with Crippen LogP contribution in [0.2, 0.25) is 5.28 Å². The zero-order chi connectivity index (χ0) is 28.1. The van der Waals surface area contributed by atoms with E-state index in [1.807, 2.05) is 0 Å². The molecule has 16 heteroatoms. The van der Waals surface area contributed by atoms with Gasteiger partial charge in [-0.15, -0.1) is 0 Å². The molecule has 0 saturated carbocycles. The topological polar surface area (TPSA) is 212 Å². The van der Waals surface area contributed by atoms with Crippen LogP contribution in [0.4, 0.5) is 23.3 Å². The average molecular weight is 590 g/mol. The Morgan fingerprint density at radius 3 is 1.38 bits per heavy atom. The van der Waals surface area contributed by atoms with Gasteiger partial charge in [-0.05, 0) is 48.0 Å². The van der Waals surface area contributed by atoms with Gasteiger partial charge in [-0.2, -0.15) is 31.8 Å². The highest BCUT2D eigenvalue weighted by molar-refractivity contribution is 7.86. The van der Waals surface area contributed by atoms with Crippen LogP contribution in [0.1, 0.15) is 0 Å². The van der Waals surface area contributed by atoms with E-state index in [1.54, 1.807) is 0 Å². The molecule has 0 fully saturated rings. The monoisotopic (exact) mass is 589 g/mol. The number of rotatable bonds is 6. The van der Waals surface area contributed by atoms with Gasteiger partial charge in [0.2, 0.25) is 17.2 Å². The van der Waals surface area contributed by atoms with E-state index < -0.39 is 35.3 Å². The fourth-order valence-electron chi connectivity index (χ4n) is 4.02. The smallest absolute Gasteiger partial charge is 0.296 e. The van der Waals surface area contributed by atoms with Crippen molar-refractivity contribution in [2.24, 2.45) is 0 Å². The van der Waals surface area contributed by atoms with Crippen molar-refractivity contribution in [2.45, 2.75) is 9.79 Å². The van der Waals surface area contributed by atoms with E-state index in [0.29, 0.717) is 0 Å². The lowest BCUT2D eigenvalue weighted by Crippen LogP contribution is -2.09. The maximum atomic E-state index is 12.1. The van der Waals surface area contributed by atoms with Crippen molar-refractivity contribution in [3.05, 3.63) is 65.9 Å². The van der Waals surface area contributed by atoms with Gasteiger partial charge < -0.3 is 20.8 Å². The number of anilines is 4. The molecule has 0 saturated heterocycles. The number of phenols is 2. The van der Waals surface area contributed by atoms with E-state index in [-0.39, 0.29) is 56.3 Å². The molecule has 1 aromatic heterocycles. The third kappa shape index (κ3) is 5.08. The van der Waals surface area contributed by atoms with Crippen LogP contribution in [0, 0.1) is 0 Å². The number of aromatic hydroxyl groups is 2. The summed E-state index contributed by atoms with van der Waals surface area (Å²) in [6, 6.07) is 13.4. The summed E-state index contributed by atoms with van der Waals surface area (Å²) in [6.07, 6.45) is 0. The van der Waals surface area contributed by atoms with Crippen LogP contribution in [-0.2, 0) is 20.2 Å². The summed E-state index contributed by atoms with van der Waals surface area (Å²) in [5.41, 5.74) is -0.374. The van der Waals surface area contributed by atoms with Gasteiger partial charge in [0.15, 0.2) is 0 Å². The molecule has 39 heavy (non-hydrogen) atoms. The SMILES string of the molecule is O=S(=O)(O)c1ccc2c(O)cccc2c1Nc1nc(Cl)nc(Nc2c(S(=O)(=O)O)ccc3c(O)cccc23)n1. The van der Waals surface area contributed by atoms with Gasteiger partial charge in [0.25, 0.3) is 20.2 Å². The van der Waals surface area contributed by atoms with E-state index in [1.165, 1.54) is 48.5 Å². The second-order valence-corrected chi connectivity index (χ2v) is 11.2. The Balaban J connectivity index is 1.66. The maximum absolute atomic E-state index is 12.1. The lowest BCUT2D eigenvalue weighted by Gasteiger charge is -2.15. The minimum absolute atomic E-state index is 0.162. The summed E-state index contributed by atoms with van der Waals surface area (Å²) < 4.78 is 67.9. The number of hydrogen-bond acceptors (Lipinski definition) is 11. The number of phenolic OH excluding ortho intramolecular Hbond substituents is 2. The van der Waals surface area contributed by atoms with Crippen LogP contribution in [-0.4, -0.2) is 51.1 Å². The van der Waals surface area contributed by atoms with E-state index in [9.17, 15) is 36.2 Å². The predicted molar refractivity (Wildman–Crippen MR) is 142 cm³/mol. The Labute approximate surface area is 225 Å². The molecule has 0 atom stereocenters. The molecule has 0 radical (unpaired) electrons. The van der Waals surface area contributed by atoms with Gasteiger partial charge in [0, 0.05) is 21.5 Å². The highest BCUT2D eigenvalue weighted by Crippen LogP contribution is 2.38. The molecular weight excluding hydrogens is 574 g/mol. The molecule has 200 valence electrons. The van der Waals surface area contributed by atoms with E-state index in [4.69, 9.17) is 11.6 Å². The number of hydrogen-bond donors (Lipinski definition) is 6. The molecule has 0 amide bonds. The predicted octanol–water partition coefficient (Wildman–Crippen LogP) is 4.22. The Morgan fingerprint density at radius 2 is 1.00 bits per heavy atom. The van der Waals surface area contributed by atoms with Crippen LogP contribution < -0.4 is 10.6 Å². The van der Waals surface area contributed by atoms with Crippen LogP contribution in [0.25, 0.3) is 21.5 Å². The number of nitrogens with zero attached hydrogens (tertiary/aromatic N) is 3. The lowest BCUT2D eigenvalue weighted by molar-refractivity contribution is 0.480. The first kappa shape index (κ1) is 26.3. The molecule has 5 aromatic rings. The normalized spacial score (nSPS) is 12.1. The second-order valence-electron chi connectivity index (χ2n) is 8.07. The van der Waals surface area contributed by atoms with Gasteiger partial charge in [0.1, 0.15) is 21.3 Å².